The van der Waals surface area contributed by atoms with Gasteiger partial charge in [0.15, 0.2) is 0 Å². The van der Waals surface area contributed by atoms with Crippen molar-refractivity contribution in [1.82, 2.24) is 15.1 Å². The molecule has 3 rings (SSSR count). The van der Waals surface area contributed by atoms with Gasteiger partial charge < -0.3 is 14.6 Å². The van der Waals surface area contributed by atoms with Gasteiger partial charge >= 0.3 is 6.03 Å². The predicted molar refractivity (Wildman–Crippen MR) is 92.6 cm³/mol. The lowest BCUT2D eigenvalue weighted by atomic mass is 9.87. The van der Waals surface area contributed by atoms with Gasteiger partial charge in [0.1, 0.15) is 0 Å². The number of hydrogen-bond acceptors (Lipinski definition) is 4. The Kier molecular flexibility index (Phi) is 4.55. The van der Waals surface area contributed by atoms with E-state index in [9.17, 15) is 4.79 Å². The van der Waals surface area contributed by atoms with Gasteiger partial charge in [0.05, 0.1) is 0 Å². The number of aromatic nitrogens is 2. The Morgan fingerprint density at radius 2 is 2.25 bits per heavy atom. The largest absolute Gasteiger partial charge is 0.423 e. The minimum atomic E-state index is -0.0376. The maximum atomic E-state index is 12.7. The van der Waals surface area contributed by atoms with Crippen LogP contribution in [0.4, 0.5) is 10.5 Å². The van der Waals surface area contributed by atoms with Crippen LogP contribution >= 0.6 is 0 Å². The zero-order valence-corrected chi connectivity index (χ0v) is 14.5. The second kappa shape index (κ2) is 6.63. The van der Waals surface area contributed by atoms with Gasteiger partial charge in [-0.2, -0.15) is 0 Å². The van der Waals surface area contributed by atoms with Crippen molar-refractivity contribution in [3.05, 3.63) is 30.7 Å². The average Bonchev–Trinajstić information content (AvgIpc) is 3.17. The molecule has 1 aromatic heterocycles. The molecule has 0 saturated carbocycles. The highest BCUT2D eigenvalue weighted by molar-refractivity contribution is 5.90. The van der Waals surface area contributed by atoms with Crippen LogP contribution in [0.3, 0.4) is 0 Å². The molecule has 2 heterocycles. The summed E-state index contributed by atoms with van der Waals surface area (Å²) < 4.78 is 5.21. The first-order valence-electron chi connectivity index (χ1n) is 8.37. The van der Waals surface area contributed by atoms with E-state index in [1.807, 2.05) is 29.2 Å². The van der Waals surface area contributed by atoms with E-state index in [-0.39, 0.29) is 11.4 Å². The fraction of sp³-hybridized carbons (Fsp3) is 0.500. The Bertz CT molecular complexity index is 691. The van der Waals surface area contributed by atoms with Crippen molar-refractivity contribution in [1.29, 1.82) is 0 Å². The van der Waals surface area contributed by atoms with E-state index < -0.39 is 0 Å². The van der Waals surface area contributed by atoms with Crippen molar-refractivity contribution in [3.8, 4) is 11.5 Å². The third-order valence-corrected chi connectivity index (χ3v) is 4.21. The normalized spacial score (nSPS) is 18.0. The summed E-state index contributed by atoms with van der Waals surface area (Å²) in [5.41, 5.74) is 1.74. The van der Waals surface area contributed by atoms with Crippen molar-refractivity contribution in [3.63, 3.8) is 0 Å². The number of amides is 2. The summed E-state index contributed by atoms with van der Waals surface area (Å²) in [6.45, 7) is 7.47. The van der Waals surface area contributed by atoms with Gasteiger partial charge in [-0.3, -0.25) is 0 Å². The molecule has 1 aliphatic heterocycles. The van der Waals surface area contributed by atoms with E-state index in [1.165, 1.54) is 6.39 Å². The number of anilines is 1. The van der Waals surface area contributed by atoms with Gasteiger partial charge in [0.25, 0.3) is 0 Å². The number of carbonyl (C=O) groups excluding carboxylic acids is 1. The maximum absolute atomic E-state index is 12.7. The van der Waals surface area contributed by atoms with Crippen LogP contribution in [0.2, 0.25) is 0 Å². The quantitative estimate of drug-likeness (QED) is 0.918. The lowest BCUT2D eigenvalue weighted by Crippen LogP contribution is -2.40. The number of benzene rings is 1. The molecule has 1 unspecified atom stereocenters. The van der Waals surface area contributed by atoms with Crippen molar-refractivity contribution in [2.24, 2.45) is 5.41 Å². The number of urea groups is 1. The Balaban J connectivity index is 1.69. The second-order valence-electron chi connectivity index (χ2n) is 7.51. The van der Waals surface area contributed by atoms with Crippen molar-refractivity contribution >= 4 is 11.7 Å². The Hall–Kier alpha value is -2.37. The molecule has 0 aliphatic carbocycles. The van der Waals surface area contributed by atoms with Crippen LogP contribution in [0.25, 0.3) is 11.5 Å². The fourth-order valence-corrected chi connectivity index (χ4v) is 3.25. The number of nitrogens with zero attached hydrogens (tertiary/aromatic N) is 3. The molecule has 0 spiro atoms. The van der Waals surface area contributed by atoms with Crippen LogP contribution in [0.15, 0.2) is 35.1 Å². The fourth-order valence-electron chi connectivity index (χ4n) is 3.25. The lowest BCUT2D eigenvalue weighted by Gasteiger charge is -2.30. The molecule has 24 heavy (non-hydrogen) atoms. The zero-order chi connectivity index (χ0) is 17.2. The van der Waals surface area contributed by atoms with E-state index >= 15 is 0 Å². The molecular formula is C18H24N4O2. The molecule has 1 N–H and O–H groups in total. The minimum absolute atomic E-state index is 0.0376. The number of likely N-dealkylation sites (tertiary alicyclic amines) is 1. The second-order valence-corrected chi connectivity index (χ2v) is 7.51. The smallest absolute Gasteiger partial charge is 0.322 e. The lowest BCUT2D eigenvalue weighted by molar-refractivity contribution is 0.187. The first-order chi connectivity index (χ1) is 11.4. The third-order valence-electron chi connectivity index (χ3n) is 4.21. The standard InChI is InChI=1S/C18H24N4O2/c1-18(2,3)11-15-8-5-9-22(15)17(23)20-14-7-4-6-13(10-14)16-21-19-12-24-16/h4,6-7,10,12,15H,5,8-9,11H2,1-3H3,(H,20,23). The summed E-state index contributed by atoms with van der Waals surface area (Å²) in [6.07, 6.45) is 4.45. The molecule has 0 bridgehead atoms. The number of rotatable bonds is 3. The van der Waals surface area contributed by atoms with Gasteiger partial charge in [-0.1, -0.05) is 26.8 Å². The van der Waals surface area contributed by atoms with Crippen LogP contribution in [0.1, 0.15) is 40.0 Å². The summed E-state index contributed by atoms with van der Waals surface area (Å²) in [5, 5.41) is 10.6. The van der Waals surface area contributed by atoms with E-state index in [4.69, 9.17) is 4.42 Å². The van der Waals surface area contributed by atoms with Gasteiger partial charge in [-0.05, 0) is 42.9 Å². The first kappa shape index (κ1) is 16.5. The summed E-state index contributed by atoms with van der Waals surface area (Å²) in [5.74, 6) is 0.442. The molecular weight excluding hydrogens is 304 g/mol. The number of nitrogens with one attached hydrogen (secondary N) is 1. The number of hydrogen-bond donors (Lipinski definition) is 1. The monoisotopic (exact) mass is 328 g/mol. The van der Waals surface area contributed by atoms with Crippen LogP contribution in [-0.4, -0.2) is 33.7 Å². The highest BCUT2D eigenvalue weighted by Crippen LogP contribution is 2.30. The van der Waals surface area contributed by atoms with E-state index in [1.54, 1.807) is 0 Å². The SMILES string of the molecule is CC(C)(C)CC1CCCN1C(=O)Nc1cccc(-c2nnco2)c1. The van der Waals surface area contributed by atoms with E-state index in [2.05, 4.69) is 36.3 Å². The molecule has 1 fully saturated rings. The Morgan fingerprint density at radius 3 is 2.96 bits per heavy atom. The molecule has 0 radical (unpaired) electrons. The van der Waals surface area contributed by atoms with Crippen molar-refractivity contribution in [2.75, 3.05) is 11.9 Å². The summed E-state index contributed by atoms with van der Waals surface area (Å²) in [4.78, 5) is 14.6. The Morgan fingerprint density at radius 1 is 1.42 bits per heavy atom. The van der Waals surface area contributed by atoms with Crippen molar-refractivity contribution < 1.29 is 9.21 Å². The molecule has 1 aromatic carbocycles. The van der Waals surface area contributed by atoms with E-state index in [0.717, 1.165) is 37.1 Å². The summed E-state index contributed by atoms with van der Waals surface area (Å²) in [6, 6.07) is 7.73. The van der Waals surface area contributed by atoms with E-state index in [0.29, 0.717) is 11.9 Å². The van der Waals surface area contributed by atoms with Crippen molar-refractivity contribution in [2.45, 2.75) is 46.1 Å². The van der Waals surface area contributed by atoms with Gasteiger partial charge in [-0.25, -0.2) is 4.79 Å². The molecule has 1 atom stereocenters. The van der Waals surface area contributed by atoms with Crippen LogP contribution in [-0.2, 0) is 0 Å². The van der Waals surface area contributed by atoms with Gasteiger partial charge in [0.2, 0.25) is 12.3 Å². The zero-order valence-electron chi connectivity index (χ0n) is 14.5. The third kappa shape index (κ3) is 3.93. The first-order valence-corrected chi connectivity index (χ1v) is 8.37. The molecule has 2 aromatic rings. The molecule has 2 amide bonds. The Labute approximate surface area is 142 Å². The maximum Gasteiger partial charge on any atom is 0.322 e. The topological polar surface area (TPSA) is 71.3 Å². The molecule has 128 valence electrons. The molecule has 6 nitrogen and oxygen atoms in total. The molecule has 1 aliphatic rings. The van der Waals surface area contributed by atoms with Gasteiger partial charge in [0, 0.05) is 23.8 Å². The van der Waals surface area contributed by atoms with Crippen LogP contribution in [0, 0.1) is 5.41 Å². The van der Waals surface area contributed by atoms with Crippen LogP contribution in [0.5, 0.6) is 0 Å². The molecule has 1 saturated heterocycles. The highest BCUT2D eigenvalue weighted by atomic mass is 16.4. The summed E-state index contributed by atoms with van der Waals surface area (Å²) >= 11 is 0. The van der Waals surface area contributed by atoms with Crippen LogP contribution < -0.4 is 5.32 Å². The van der Waals surface area contributed by atoms with Gasteiger partial charge in [-0.15, -0.1) is 10.2 Å². The number of carbonyl (C=O) groups is 1. The molecule has 6 heteroatoms. The minimum Gasteiger partial charge on any atom is -0.423 e. The summed E-state index contributed by atoms with van der Waals surface area (Å²) in [7, 11) is 0. The highest BCUT2D eigenvalue weighted by Gasteiger charge is 2.31. The predicted octanol–water partition coefficient (Wildman–Crippen LogP) is 4.17. The average molecular weight is 328 g/mol.